The molecule has 88 valence electrons. The van der Waals surface area contributed by atoms with Gasteiger partial charge in [-0.15, -0.1) is 0 Å². The smallest absolute Gasteiger partial charge is 0.358 e. The maximum atomic E-state index is 13.1. The second-order valence-electron chi connectivity index (χ2n) is 3.25. The van der Waals surface area contributed by atoms with Crippen molar-refractivity contribution in [2.45, 2.75) is 20.0 Å². The summed E-state index contributed by atoms with van der Waals surface area (Å²) >= 11 is 11.1. The van der Waals surface area contributed by atoms with Gasteiger partial charge in [-0.25, -0.2) is 14.2 Å². The van der Waals surface area contributed by atoms with Gasteiger partial charge in [0.05, 0.1) is 16.8 Å². The van der Waals surface area contributed by atoms with Gasteiger partial charge in [-0.05, 0) is 13.8 Å². The van der Waals surface area contributed by atoms with Gasteiger partial charge >= 0.3 is 5.97 Å². The molecule has 0 aliphatic heterocycles. The van der Waals surface area contributed by atoms with Crippen LogP contribution in [0.3, 0.4) is 0 Å². The second-order valence-corrected chi connectivity index (χ2v) is 3.98. The standard InChI is InChI=1S/C9H9Cl2FN2O2/c1-3(2)16-9(15)7-4(10)6(13)5(12)8(11)14-7/h3H,1-2H3,(H2,13,14). The van der Waals surface area contributed by atoms with Crippen molar-refractivity contribution < 1.29 is 13.9 Å². The third kappa shape index (κ3) is 2.54. The highest BCUT2D eigenvalue weighted by atomic mass is 35.5. The molecule has 0 saturated heterocycles. The Morgan fingerprint density at radius 2 is 2.06 bits per heavy atom. The van der Waals surface area contributed by atoms with Gasteiger partial charge < -0.3 is 10.5 Å². The van der Waals surface area contributed by atoms with E-state index in [9.17, 15) is 9.18 Å². The number of nitrogens with zero attached hydrogens (tertiary/aromatic N) is 1. The lowest BCUT2D eigenvalue weighted by Crippen LogP contribution is -2.15. The molecule has 1 aromatic heterocycles. The molecule has 0 saturated carbocycles. The Morgan fingerprint density at radius 1 is 1.50 bits per heavy atom. The average Bonchev–Trinajstić information content (AvgIpc) is 2.19. The van der Waals surface area contributed by atoms with Crippen LogP contribution in [0.1, 0.15) is 24.3 Å². The molecule has 4 nitrogen and oxygen atoms in total. The van der Waals surface area contributed by atoms with Crippen molar-refractivity contribution in [2.24, 2.45) is 0 Å². The molecule has 0 spiro atoms. The van der Waals surface area contributed by atoms with Crippen molar-refractivity contribution in [1.29, 1.82) is 0 Å². The van der Waals surface area contributed by atoms with Crippen LogP contribution in [0.15, 0.2) is 0 Å². The number of esters is 1. The largest absolute Gasteiger partial charge is 0.458 e. The van der Waals surface area contributed by atoms with E-state index in [-0.39, 0.29) is 16.8 Å². The zero-order valence-electron chi connectivity index (χ0n) is 8.55. The summed E-state index contributed by atoms with van der Waals surface area (Å²) in [5.74, 6) is -1.75. The minimum Gasteiger partial charge on any atom is -0.458 e. The van der Waals surface area contributed by atoms with Crippen LogP contribution in [0.4, 0.5) is 10.1 Å². The topological polar surface area (TPSA) is 65.2 Å². The maximum absolute atomic E-state index is 13.1. The van der Waals surface area contributed by atoms with Crippen molar-refractivity contribution in [1.82, 2.24) is 4.98 Å². The van der Waals surface area contributed by atoms with Gasteiger partial charge in [0.15, 0.2) is 16.7 Å². The Kier molecular flexibility index (Phi) is 3.93. The van der Waals surface area contributed by atoms with Crippen LogP contribution in [-0.4, -0.2) is 17.1 Å². The van der Waals surface area contributed by atoms with E-state index in [0.29, 0.717) is 0 Å². The number of halogens is 3. The molecule has 0 unspecified atom stereocenters. The van der Waals surface area contributed by atoms with Crippen LogP contribution in [0.25, 0.3) is 0 Å². The summed E-state index contributed by atoms with van der Waals surface area (Å²) in [6.45, 7) is 3.31. The number of anilines is 1. The number of carbonyl (C=O) groups excluding carboxylic acids is 1. The molecule has 16 heavy (non-hydrogen) atoms. The molecule has 2 N–H and O–H groups in total. The number of carbonyl (C=O) groups is 1. The molecule has 0 aliphatic rings. The van der Waals surface area contributed by atoms with Crippen LogP contribution >= 0.6 is 23.2 Å². The fourth-order valence-electron chi connectivity index (χ4n) is 0.936. The van der Waals surface area contributed by atoms with E-state index in [1.165, 1.54) is 0 Å². The van der Waals surface area contributed by atoms with Crippen molar-refractivity contribution in [2.75, 3.05) is 5.73 Å². The summed E-state index contributed by atoms with van der Waals surface area (Å²) in [4.78, 5) is 15.0. The third-order valence-electron chi connectivity index (χ3n) is 1.61. The Balaban J connectivity index is 3.20. The lowest BCUT2D eigenvalue weighted by atomic mass is 10.3. The number of rotatable bonds is 2. The van der Waals surface area contributed by atoms with E-state index in [1.807, 2.05) is 0 Å². The summed E-state index contributed by atoms with van der Waals surface area (Å²) in [5, 5.41) is -0.815. The zero-order chi connectivity index (χ0) is 12.5. The molecular formula is C9H9Cl2FN2O2. The van der Waals surface area contributed by atoms with E-state index in [4.69, 9.17) is 33.7 Å². The van der Waals surface area contributed by atoms with E-state index >= 15 is 0 Å². The molecule has 0 aliphatic carbocycles. The molecule has 0 radical (unpaired) electrons. The fourth-order valence-corrected chi connectivity index (χ4v) is 1.33. The van der Waals surface area contributed by atoms with Crippen molar-refractivity contribution in [3.63, 3.8) is 0 Å². The van der Waals surface area contributed by atoms with Gasteiger partial charge in [-0.2, -0.15) is 0 Å². The summed E-state index contributed by atoms with van der Waals surface area (Å²) < 4.78 is 18.0. The lowest BCUT2D eigenvalue weighted by molar-refractivity contribution is 0.0371. The number of hydrogen-bond acceptors (Lipinski definition) is 4. The highest BCUT2D eigenvalue weighted by molar-refractivity contribution is 6.37. The quantitative estimate of drug-likeness (QED) is 0.660. The predicted molar refractivity (Wildman–Crippen MR) is 59.2 cm³/mol. The van der Waals surface area contributed by atoms with Gasteiger partial charge in [0.25, 0.3) is 0 Å². The molecule has 1 aromatic rings. The van der Waals surface area contributed by atoms with E-state index in [1.54, 1.807) is 13.8 Å². The Morgan fingerprint density at radius 3 is 2.56 bits per heavy atom. The van der Waals surface area contributed by atoms with E-state index in [2.05, 4.69) is 4.98 Å². The van der Waals surface area contributed by atoms with Gasteiger partial charge in [0.2, 0.25) is 0 Å². The first-order chi connectivity index (χ1) is 7.34. The van der Waals surface area contributed by atoms with Gasteiger partial charge in [-0.1, -0.05) is 23.2 Å². The maximum Gasteiger partial charge on any atom is 0.358 e. The minimum absolute atomic E-state index is 0.292. The highest BCUT2D eigenvalue weighted by Gasteiger charge is 2.22. The summed E-state index contributed by atoms with van der Waals surface area (Å²) in [7, 11) is 0. The van der Waals surface area contributed by atoms with Crippen molar-refractivity contribution >= 4 is 34.9 Å². The molecular weight excluding hydrogens is 258 g/mol. The van der Waals surface area contributed by atoms with E-state index in [0.717, 1.165) is 0 Å². The number of aromatic nitrogens is 1. The number of ether oxygens (including phenoxy) is 1. The first-order valence-corrected chi connectivity index (χ1v) is 5.11. The van der Waals surface area contributed by atoms with Crippen LogP contribution in [0, 0.1) is 5.82 Å². The molecule has 0 atom stereocenters. The summed E-state index contributed by atoms with van der Waals surface area (Å²) in [6.07, 6.45) is -0.351. The SMILES string of the molecule is CC(C)OC(=O)c1nc(Cl)c(F)c(N)c1Cl. The van der Waals surface area contributed by atoms with Crippen LogP contribution < -0.4 is 5.73 Å². The van der Waals surface area contributed by atoms with Crippen molar-refractivity contribution in [3.8, 4) is 0 Å². The lowest BCUT2D eigenvalue weighted by Gasteiger charge is -2.10. The first kappa shape index (κ1) is 13.0. The van der Waals surface area contributed by atoms with E-state index < -0.39 is 22.6 Å². The second kappa shape index (κ2) is 4.84. The first-order valence-electron chi connectivity index (χ1n) is 4.35. The Hall–Kier alpha value is -1.07. The summed E-state index contributed by atoms with van der Waals surface area (Å²) in [6, 6.07) is 0. The molecule has 1 heterocycles. The molecule has 0 aromatic carbocycles. The minimum atomic E-state index is -0.951. The predicted octanol–water partition coefficient (Wildman–Crippen LogP) is 2.67. The number of nitrogen functional groups attached to an aromatic ring is 1. The molecule has 0 fully saturated rings. The van der Waals surface area contributed by atoms with Gasteiger partial charge in [0.1, 0.15) is 0 Å². The van der Waals surface area contributed by atoms with Crippen molar-refractivity contribution in [3.05, 3.63) is 21.7 Å². The number of nitrogens with two attached hydrogens (primary N) is 1. The average molecular weight is 267 g/mol. The normalized spacial score (nSPS) is 10.6. The molecule has 1 rings (SSSR count). The van der Waals surface area contributed by atoms with Crippen LogP contribution in [-0.2, 0) is 4.74 Å². The monoisotopic (exact) mass is 266 g/mol. The van der Waals surface area contributed by atoms with Gasteiger partial charge in [0, 0.05) is 0 Å². The molecule has 0 bridgehead atoms. The Labute approximate surface area is 101 Å². The fraction of sp³-hybridized carbons (Fsp3) is 0.333. The third-order valence-corrected chi connectivity index (χ3v) is 2.24. The number of pyridine rings is 1. The van der Waals surface area contributed by atoms with Crippen LogP contribution in [0.5, 0.6) is 0 Å². The molecule has 7 heteroatoms. The molecule has 0 amide bonds. The van der Waals surface area contributed by atoms with Gasteiger partial charge in [-0.3, -0.25) is 0 Å². The number of hydrogen-bond donors (Lipinski definition) is 1. The Bertz CT molecular complexity index is 438. The summed E-state index contributed by atoms with van der Waals surface area (Å²) in [5.41, 5.74) is 4.60. The zero-order valence-corrected chi connectivity index (χ0v) is 10.1. The highest BCUT2D eigenvalue weighted by Crippen LogP contribution is 2.29. The van der Waals surface area contributed by atoms with Crippen LogP contribution in [0.2, 0.25) is 10.2 Å².